The third kappa shape index (κ3) is 2.73. The van der Waals surface area contributed by atoms with E-state index in [9.17, 15) is 8.42 Å². The maximum atomic E-state index is 12.2. The normalized spacial score (nSPS) is 11.4. The number of hydrogen-bond donors (Lipinski definition) is 0. The monoisotopic (exact) mass is 282 g/mol. The third-order valence-corrected chi connectivity index (χ3v) is 4.74. The van der Waals surface area contributed by atoms with Gasteiger partial charge < -0.3 is 4.18 Å². The summed E-state index contributed by atoms with van der Waals surface area (Å²) in [5.74, 6) is 0. The molecule has 0 fully saturated rings. The van der Waals surface area contributed by atoms with Crippen LogP contribution < -0.4 is 4.18 Å². The molecule has 0 radical (unpaired) electrons. The molecule has 0 spiro atoms. The van der Waals surface area contributed by atoms with Crippen molar-refractivity contribution in [1.29, 1.82) is 0 Å². The van der Waals surface area contributed by atoms with E-state index in [4.69, 9.17) is 4.18 Å². The Hall–Kier alpha value is -1.33. The Balaban J connectivity index is 2.41. The maximum Gasteiger partial charge on any atom is 0.340 e. The van der Waals surface area contributed by atoms with Gasteiger partial charge in [-0.15, -0.1) is 11.3 Å². The molecule has 0 aliphatic carbocycles. The summed E-state index contributed by atoms with van der Waals surface area (Å²) >= 11 is 1.26. The van der Waals surface area contributed by atoms with E-state index in [-0.39, 0.29) is 4.90 Å². The Bertz CT molecular complexity index is 628. The summed E-state index contributed by atoms with van der Waals surface area (Å²) < 4.78 is 29.5. The molecule has 0 bridgehead atoms. The fourth-order valence-corrected chi connectivity index (χ4v) is 3.69. The lowest BCUT2D eigenvalue weighted by atomic mass is 10.1. The van der Waals surface area contributed by atoms with Crippen molar-refractivity contribution in [3.63, 3.8) is 0 Å². The standard InChI is InChI=1S/C13H14O3S2/c1-3-11-9-10(2)6-7-12(11)18(14,15)16-13-5-4-8-17-13/h4-9H,3H2,1-2H3. The van der Waals surface area contributed by atoms with Crippen LogP contribution >= 0.6 is 11.3 Å². The van der Waals surface area contributed by atoms with Gasteiger partial charge in [-0.1, -0.05) is 24.6 Å². The van der Waals surface area contributed by atoms with E-state index in [0.29, 0.717) is 11.5 Å². The fourth-order valence-electron chi connectivity index (χ4n) is 1.69. The molecule has 5 heteroatoms. The van der Waals surface area contributed by atoms with Gasteiger partial charge in [0.25, 0.3) is 0 Å². The van der Waals surface area contributed by atoms with E-state index in [1.165, 1.54) is 11.3 Å². The van der Waals surface area contributed by atoms with E-state index >= 15 is 0 Å². The molecular formula is C13H14O3S2. The van der Waals surface area contributed by atoms with Crippen LogP contribution in [0.15, 0.2) is 40.6 Å². The lowest BCUT2D eigenvalue weighted by molar-refractivity contribution is 0.491. The van der Waals surface area contributed by atoms with Crippen LogP contribution in [0, 0.1) is 6.92 Å². The Labute approximate surface area is 111 Å². The van der Waals surface area contributed by atoms with Crippen LogP contribution in [0.1, 0.15) is 18.1 Å². The molecular weight excluding hydrogens is 268 g/mol. The summed E-state index contributed by atoms with van der Waals surface area (Å²) in [5.41, 5.74) is 1.83. The molecule has 18 heavy (non-hydrogen) atoms. The van der Waals surface area contributed by atoms with E-state index in [0.717, 1.165) is 11.1 Å². The highest BCUT2D eigenvalue weighted by Gasteiger charge is 2.20. The Morgan fingerprint density at radius 1 is 1.28 bits per heavy atom. The van der Waals surface area contributed by atoms with Crippen molar-refractivity contribution in [1.82, 2.24) is 0 Å². The Morgan fingerprint density at radius 2 is 2.06 bits per heavy atom. The van der Waals surface area contributed by atoms with Gasteiger partial charge in [-0.2, -0.15) is 8.42 Å². The number of rotatable bonds is 4. The van der Waals surface area contributed by atoms with Gasteiger partial charge in [0.1, 0.15) is 4.90 Å². The molecule has 1 aromatic carbocycles. The molecule has 0 aliphatic heterocycles. The number of benzene rings is 1. The predicted octanol–water partition coefficient (Wildman–Crippen LogP) is 3.39. The van der Waals surface area contributed by atoms with Crippen LogP contribution in [0.4, 0.5) is 0 Å². The molecule has 2 rings (SSSR count). The molecule has 0 unspecified atom stereocenters. The SMILES string of the molecule is CCc1cc(C)ccc1S(=O)(=O)Oc1cccs1. The highest BCUT2D eigenvalue weighted by atomic mass is 32.2. The second kappa shape index (κ2) is 5.12. The largest absolute Gasteiger partial charge is 0.368 e. The van der Waals surface area contributed by atoms with Crippen LogP contribution in [0.3, 0.4) is 0 Å². The summed E-state index contributed by atoms with van der Waals surface area (Å²) in [5, 5.41) is 2.17. The molecule has 0 saturated heterocycles. The minimum atomic E-state index is -3.73. The first-order valence-electron chi connectivity index (χ1n) is 5.60. The number of aryl methyl sites for hydroxylation is 2. The molecule has 1 aromatic heterocycles. The molecule has 0 atom stereocenters. The first-order valence-corrected chi connectivity index (χ1v) is 7.89. The van der Waals surface area contributed by atoms with Gasteiger partial charge in [0.2, 0.25) is 0 Å². The van der Waals surface area contributed by atoms with Gasteiger partial charge in [-0.25, -0.2) is 0 Å². The summed E-state index contributed by atoms with van der Waals surface area (Å²) in [6.45, 7) is 3.87. The lowest BCUT2D eigenvalue weighted by Gasteiger charge is -2.09. The summed E-state index contributed by atoms with van der Waals surface area (Å²) in [6.07, 6.45) is 0.657. The summed E-state index contributed by atoms with van der Waals surface area (Å²) in [7, 11) is -3.73. The smallest absolute Gasteiger partial charge is 0.340 e. The maximum absolute atomic E-state index is 12.2. The van der Waals surface area contributed by atoms with Gasteiger partial charge in [-0.05, 0) is 42.5 Å². The predicted molar refractivity (Wildman–Crippen MR) is 72.7 cm³/mol. The highest BCUT2D eigenvalue weighted by molar-refractivity contribution is 7.87. The van der Waals surface area contributed by atoms with E-state index in [1.54, 1.807) is 29.6 Å². The van der Waals surface area contributed by atoms with Gasteiger partial charge in [-0.3, -0.25) is 0 Å². The van der Waals surface area contributed by atoms with E-state index in [1.807, 2.05) is 19.9 Å². The zero-order valence-electron chi connectivity index (χ0n) is 10.2. The molecule has 0 N–H and O–H groups in total. The van der Waals surface area contributed by atoms with Crippen LogP contribution in [0.2, 0.25) is 0 Å². The molecule has 0 saturated carbocycles. The van der Waals surface area contributed by atoms with Crippen LogP contribution in [0.25, 0.3) is 0 Å². The van der Waals surface area contributed by atoms with Crippen LogP contribution in [0.5, 0.6) is 5.06 Å². The van der Waals surface area contributed by atoms with Crippen LogP contribution in [-0.4, -0.2) is 8.42 Å². The van der Waals surface area contributed by atoms with Gasteiger partial charge in [0.05, 0.1) is 0 Å². The Kier molecular flexibility index (Phi) is 3.73. The molecule has 96 valence electrons. The van der Waals surface area contributed by atoms with Crippen LogP contribution in [-0.2, 0) is 16.5 Å². The van der Waals surface area contributed by atoms with E-state index < -0.39 is 10.1 Å². The second-order valence-corrected chi connectivity index (χ2v) is 6.36. The van der Waals surface area contributed by atoms with Crippen molar-refractivity contribution in [3.05, 3.63) is 46.8 Å². The van der Waals surface area contributed by atoms with E-state index in [2.05, 4.69) is 0 Å². The second-order valence-electron chi connectivity index (χ2n) is 3.93. The minimum Gasteiger partial charge on any atom is -0.368 e. The number of thiophene rings is 1. The van der Waals surface area contributed by atoms with Crippen molar-refractivity contribution in [3.8, 4) is 5.06 Å². The minimum absolute atomic E-state index is 0.254. The zero-order valence-corrected chi connectivity index (χ0v) is 11.8. The summed E-state index contributed by atoms with van der Waals surface area (Å²) in [4.78, 5) is 0.254. The van der Waals surface area contributed by atoms with Gasteiger partial charge in [0, 0.05) is 0 Å². The first kappa shape index (κ1) is 13.1. The molecule has 0 aliphatic rings. The van der Waals surface area contributed by atoms with Crippen molar-refractivity contribution >= 4 is 21.5 Å². The topological polar surface area (TPSA) is 43.4 Å². The van der Waals surface area contributed by atoms with Gasteiger partial charge in [0.15, 0.2) is 5.06 Å². The van der Waals surface area contributed by atoms with Crippen molar-refractivity contribution in [2.24, 2.45) is 0 Å². The van der Waals surface area contributed by atoms with Gasteiger partial charge >= 0.3 is 10.1 Å². The highest BCUT2D eigenvalue weighted by Crippen LogP contribution is 2.26. The summed E-state index contributed by atoms with van der Waals surface area (Å²) in [6, 6.07) is 8.67. The average Bonchev–Trinajstić information content (AvgIpc) is 2.80. The first-order chi connectivity index (χ1) is 8.53. The molecule has 2 aromatic rings. The Morgan fingerprint density at radius 3 is 2.67 bits per heavy atom. The van der Waals surface area contributed by atoms with Crippen molar-refractivity contribution in [2.45, 2.75) is 25.2 Å². The molecule has 3 nitrogen and oxygen atoms in total. The number of hydrogen-bond acceptors (Lipinski definition) is 4. The average molecular weight is 282 g/mol. The lowest BCUT2D eigenvalue weighted by Crippen LogP contribution is -2.11. The van der Waals surface area contributed by atoms with Crippen molar-refractivity contribution < 1.29 is 12.6 Å². The zero-order chi connectivity index (χ0) is 13.2. The molecule has 0 amide bonds. The fraction of sp³-hybridized carbons (Fsp3) is 0.231. The van der Waals surface area contributed by atoms with Crippen molar-refractivity contribution in [2.75, 3.05) is 0 Å². The molecule has 1 heterocycles. The third-order valence-electron chi connectivity index (χ3n) is 2.55. The quantitative estimate of drug-likeness (QED) is 0.807.